The van der Waals surface area contributed by atoms with Gasteiger partial charge in [0.25, 0.3) is 0 Å². The molecule has 0 unspecified atom stereocenters. The van der Waals surface area contributed by atoms with Crippen molar-refractivity contribution in [3.05, 3.63) is 42.2 Å². The summed E-state index contributed by atoms with van der Waals surface area (Å²) in [6, 6.07) is 7.32. The van der Waals surface area contributed by atoms with Gasteiger partial charge in [-0.25, -0.2) is 9.97 Å². The van der Waals surface area contributed by atoms with Crippen molar-refractivity contribution in [2.75, 3.05) is 48.3 Å². The number of anilines is 3. The maximum atomic E-state index is 12.5. The van der Waals surface area contributed by atoms with Crippen molar-refractivity contribution in [1.29, 1.82) is 0 Å². The van der Waals surface area contributed by atoms with E-state index in [0.717, 1.165) is 43.4 Å². The Balaban J connectivity index is 1.52. The van der Waals surface area contributed by atoms with Gasteiger partial charge >= 0.3 is 0 Å². The molecule has 1 saturated heterocycles. The first-order valence-corrected chi connectivity index (χ1v) is 9.50. The van der Waals surface area contributed by atoms with Gasteiger partial charge in [-0.05, 0) is 30.7 Å². The van der Waals surface area contributed by atoms with E-state index < -0.39 is 0 Å². The van der Waals surface area contributed by atoms with E-state index in [1.807, 2.05) is 19.1 Å². The zero-order valence-electron chi connectivity index (χ0n) is 16.3. The van der Waals surface area contributed by atoms with Crippen molar-refractivity contribution in [3.8, 4) is 0 Å². The predicted molar refractivity (Wildman–Crippen MR) is 109 cm³/mol. The first-order valence-electron chi connectivity index (χ1n) is 9.50. The highest BCUT2D eigenvalue weighted by Crippen LogP contribution is 2.20. The van der Waals surface area contributed by atoms with E-state index in [-0.39, 0.29) is 11.8 Å². The molecule has 1 aliphatic heterocycles. The van der Waals surface area contributed by atoms with Crippen LogP contribution in [0.4, 0.5) is 17.3 Å². The third-order valence-corrected chi connectivity index (χ3v) is 4.69. The fourth-order valence-corrected chi connectivity index (χ4v) is 3.04. The SMILES string of the molecule is CCC(=O)Nc1ccc(C)c(NC(=O)CN2CCN(c3ncccn3)CC2)c1. The lowest BCUT2D eigenvalue weighted by atomic mass is 10.1. The Labute approximate surface area is 165 Å². The molecule has 8 nitrogen and oxygen atoms in total. The standard InChI is InChI=1S/C20H26N6O2/c1-3-18(27)23-16-6-5-15(2)17(13-16)24-19(28)14-25-9-11-26(12-10-25)20-21-7-4-8-22-20/h4-8,13H,3,9-12,14H2,1-2H3,(H,23,27)(H,24,28). The molecule has 2 N–H and O–H groups in total. The summed E-state index contributed by atoms with van der Waals surface area (Å²) >= 11 is 0. The molecule has 2 amide bonds. The van der Waals surface area contributed by atoms with Crippen molar-refractivity contribution in [2.24, 2.45) is 0 Å². The van der Waals surface area contributed by atoms with Crippen LogP contribution in [0.2, 0.25) is 0 Å². The van der Waals surface area contributed by atoms with Crippen LogP contribution >= 0.6 is 0 Å². The fraction of sp³-hybridized carbons (Fsp3) is 0.400. The summed E-state index contributed by atoms with van der Waals surface area (Å²) in [5.41, 5.74) is 2.35. The van der Waals surface area contributed by atoms with Gasteiger partial charge in [0.15, 0.2) is 0 Å². The van der Waals surface area contributed by atoms with Gasteiger partial charge in [0.2, 0.25) is 17.8 Å². The second kappa shape index (κ2) is 9.27. The molecule has 0 saturated carbocycles. The van der Waals surface area contributed by atoms with Crippen molar-refractivity contribution >= 4 is 29.1 Å². The normalized spacial score (nSPS) is 14.6. The lowest BCUT2D eigenvalue weighted by Gasteiger charge is -2.34. The maximum Gasteiger partial charge on any atom is 0.238 e. The zero-order valence-corrected chi connectivity index (χ0v) is 16.3. The highest BCUT2D eigenvalue weighted by atomic mass is 16.2. The number of hydrogen-bond donors (Lipinski definition) is 2. The maximum absolute atomic E-state index is 12.5. The van der Waals surface area contributed by atoms with Gasteiger partial charge in [0.05, 0.1) is 6.54 Å². The van der Waals surface area contributed by atoms with Crippen LogP contribution in [-0.4, -0.2) is 59.4 Å². The van der Waals surface area contributed by atoms with Gasteiger partial charge in [0, 0.05) is 56.4 Å². The number of carbonyl (C=O) groups excluding carboxylic acids is 2. The molecule has 0 radical (unpaired) electrons. The zero-order chi connectivity index (χ0) is 19.9. The van der Waals surface area contributed by atoms with E-state index in [1.165, 1.54) is 0 Å². The lowest BCUT2D eigenvalue weighted by Crippen LogP contribution is -2.49. The van der Waals surface area contributed by atoms with Gasteiger partial charge in [-0.3, -0.25) is 14.5 Å². The second-order valence-electron chi connectivity index (χ2n) is 6.79. The number of aryl methyl sites for hydroxylation is 1. The minimum atomic E-state index is -0.0634. The van der Waals surface area contributed by atoms with E-state index in [9.17, 15) is 9.59 Å². The number of hydrogen-bond acceptors (Lipinski definition) is 6. The molecule has 148 valence electrons. The van der Waals surface area contributed by atoms with Crippen molar-refractivity contribution < 1.29 is 9.59 Å². The largest absolute Gasteiger partial charge is 0.338 e. The smallest absolute Gasteiger partial charge is 0.238 e. The summed E-state index contributed by atoms with van der Waals surface area (Å²) in [6.07, 6.45) is 3.89. The molecule has 0 aliphatic carbocycles. The average molecular weight is 382 g/mol. The number of nitrogens with zero attached hydrogens (tertiary/aromatic N) is 4. The number of aromatic nitrogens is 2. The summed E-state index contributed by atoms with van der Waals surface area (Å²) in [5, 5.41) is 5.78. The van der Waals surface area contributed by atoms with E-state index >= 15 is 0 Å². The monoisotopic (exact) mass is 382 g/mol. The Hall–Kier alpha value is -3.00. The van der Waals surface area contributed by atoms with Gasteiger partial charge in [-0.2, -0.15) is 0 Å². The summed E-state index contributed by atoms with van der Waals surface area (Å²) in [7, 11) is 0. The Morgan fingerprint density at radius 2 is 1.75 bits per heavy atom. The molecule has 3 rings (SSSR count). The molecule has 1 aromatic heterocycles. The number of amides is 2. The predicted octanol–water partition coefficient (Wildman–Crippen LogP) is 1.89. The first kappa shape index (κ1) is 19.8. The minimum absolute atomic E-state index is 0.0543. The lowest BCUT2D eigenvalue weighted by molar-refractivity contribution is -0.117. The molecular formula is C20H26N6O2. The Morgan fingerprint density at radius 3 is 2.43 bits per heavy atom. The summed E-state index contributed by atoms with van der Waals surface area (Å²) < 4.78 is 0. The number of rotatable bonds is 6. The van der Waals surface area contributed by atoms with Crippen LogP contribution in [0, 0.1) is 6.92 Å². The highest BCUT2D eigenvalue weighted by molar-refractivity contribution is 5.95. The average Bonchev–Trinajstić information content (AvgIpc) is 2.71. The third kappa shape index (κ3) is 5.26. The minimum Gasteiger partial charge on any atom is -0.338 e. The van der Waals surface area contributed by atoms with Gasteiger partial charge in [-0.1, -0.05) is 13.0 Å². The first-order chi connectivity index (χ1) is 13.5. The molecule has 1 aliphatic rings. The summed E-state index contributed by atoms with van der Waals surface area (Å²) in [4.78, 5) is 36.9. The highest BCUT2D eigenvalue weighted by Gasteiger charge is 2.20. The van der Waals surface area contributed by atoms with Crippen molar-refractivity contribution in [2.45, 2.75) is 20.3 Å². The van der Waals surface area contributed by atoms with E-state index in [4.69, 9.17) is 0 Å². The molecular weight excluding hydrogens is 356 g/mol. The molecule has 0 bridgehead atoms. The van der Waals surface area contributed by atoms with Gasteiger partial charge in [-0.15, -0.1) is 0 Å². The fourth-order valence-electron chi connectivity index (χ4n) is 3.04. The van der Waals surface area contributed by atoms with Crippen LogP contribution in [0.3, 0.4) is 0 Å². The molecule has 2 aromatic rings. The molecule has 28 heavy (non-hydrogen) atoms. The van der Waals surface area contributed by atoms with Crippen LogP contribution in [-0.2, 0) is 9.59 Å². The van der Waals surface area contributed by atoms with E-state index in [0.29, 0.717) is 18.7 Å². The van der Waals surface area contributed by atoms with Crippen LogP contribution < -0.4 is 15.5 Å². The molecule has 1 fully saturated rings. The second-order valence-corrected chi connectivity index (χ2v) is 6.79. The van der Waals surface area contributed by atoms with Crippen LogP contribution in [0.5, 0.6) is 0 Å². The van der Waals surface area contributed by atoms with E-state index in [1.54, 1.807) is 31.5 Å². The van der Waals surface area contributed by atoms with Gasteiger partial charge < -0.3 is 15.5 Å². The molecule has 0 spiro atoms. The Bertz CT molecular complexity index is 819. The van der Waals surface area contributed by atoms with Crippen LogP contribution in [0.25, 0.3) is 0 Å². The molecule has 2 heterocycles. The summed E-state index contributed by atoms with van der Waals surface area (Å²) in [5.74, 6) is 0.612. The van der Waals surface area contributed by atoms with Crippen molar-refractivity contribution in [3.63, 3.8) is 0 Å². The summed E-state index contributed by atoms with van der Waals surface area (Å²) in [6.45, 7) is 7.18. The van der Waals surface area contributed by atoms with E-state index in [2.05, 4.69) is 30.4 Å². The van der Waals surface area contributed by atoms with Crippen molar-refractivity contribution in [1.82, 2.24) is 14.9 Å². The molecule has 1 aromatic carbocycles. The topological polar surface area (TPSA) is 90.5 Å². The number of benzene rings is 1. The van der Waals surface area contributed by atoms with Crippen LogP contribution in [0.1, 0.15) is 18.9 Å². The van der Waals surface area contributed by atoms with Crippen LogP contribution in [0.15, 0.2) is 36.7 Å². The van der Waals surface area contributed by atoms with Gasteiger partial charge in [0.1, 0.15) is 0 Å². The number of piperazine rings is 1. The third-order valence-electron chi connectivity index (χ3n) is 4.69. The quantitative estimate of drug-likeness (QED) is 0.793. The Kier molecular flexibility index (Phi) is 6.54. The number of nitrogens with one attached hydrogen (secondary N) is 2. The Morgan fingerprint density at radius 1 is 1.04 bits per heavy atom. The molecule has 0 atom stereocenters. The molecule has 8 heteroatoms. The number of carbonyl (C=O) groups is 2.